The van der Waals surface area contributed by atoms with Gasteiger partial charge >= 0.3 is 12.0 Å². The van der Waals surface area contributed by atoms with Gasteiger partial charge in [0.05, 0.1) is 40.7 Å². The maximum Gasteiger partial charge on any atom is 0.323 e. The molecule has 0 saturated heterocycles. The minimum Gasteiger partial charge on any atom is -0.481 e. The van der Waals surface area contributed by atoms with Crippen LogP contribution in [0.3, 0.4) is 0 Å². The van der Waals surface area contributed by atoms with Gasteiger partial charge in [-0.1, -0.05) is 36.0 Å². The Morgan fingerprint density at radius 2 is 1.97 bits per heavy atom. The molecule has 1 aliphatic carbocycles. The number of amides is 2. The van der Waals surface area contributed by atoms with Crippen LogP contribution in [0, 0.1) is 0 Å². The molecule has 4 aromatic rings. The third-order valence-electron chi connectivity index (χ3n) is 6.50. The van der Waals surface area contributed by atoms with Gasteiger partial charge in [-0.25, -0.2) is 19.3 Å². The molecule has 0 aliphatic heterocycles. The van der Waals surface area contributed by atoms with E-state index in [0.29, 0.717) is 41.7 Å². The highest BCUT2D eigenvalue weighted by Crippen LogP contribution is 2.37. The van der Waals surface area contributed by atoms with Crippen molar-refractivity contribution in [3.63, 3.8) is 0 Å². The third-order valence-corrected chi connectivity index (χ3v) is 6.79. The minimum absolute atomic E-state index is 0.144. The quantitative estimate of drug-likeness (QED) is 0.227. The molecule has 198 valence electrons. The van der Waals surface area contributed by atoms with Crippen molar-refractivity contribution in [3.8, 4) is 11.5 Å². The Labute approximate surface area is 222 Å². The van der Waals surface area contributed by atoms with E-state index in [1.54, 1.807) is 23.0 Å². The number of carboxylic acids is 1. The Hall–Kier alpha value is -4.06. The zero-order chi connectivity index (χ0) is 26.5. The van der Waals surface area contributed by atoms with Crippen LogP contribution in [0.2, 0.25) is 5.02 Å². The first-order chi connectivity index (χ1) is 18.5. The predicted molar refractivity (Wildman–Crippen MR) is 139 cm³/mol. The number of carboxylic acid groups (broad SMARTS) is 1. The van der Waals surface area contributed by atoms with E-state index >= 15 is 0 Å². The fourth-order valence-electron chi connectivity index (χ4n) is 4.72. The number of halogens is 1. The van der Waals surface area contributed by atoms with Crippen LogP contribution < -0.4 is 10.6 Å². The van der Waals surface area contributed by atoms with Crippen LogP contribution in [0.15, 0.2) is 35.2 Å². The predicted octanol–water partition coefficient (Wildman–Crippen LogP) is 5.32. The number of anilines is 2. The number of carbonyl (C=O) groups excluding carboxylic acids is 1. The lowest BCUT2D eigenvalue weighted by atomic mass is 10.0. The molecule has 4 aromatic heterocycles. The molecule has 0 bridgehead atoms. The van der Waals surface area contributed by atoms with E-state index in [-0.39, 0.29) is 17.3 Å². The van der Waals surface area contributed by atoms with Crippen LogP contribution in [0.5, 0.6) is 0 Å². The van der Waals surface area contributed by atoms with Crippen molar-refractivity contribution in [2.45, 2.75) is 63.7 Å². The van der Waals surface area contributed by atoms with Gasteiger partial charge in [0.15, 0.2) is 5.65 Å². The molecule has 1 saturated carbocycles. The molecule has 38 heavy (non-hydrogen) atoms. The lowest BCUT2D eigenvalue weighted by Crippen LogP contribution is -2.22. The summed E-state index contributed by atoms with van der Waals surface area (Å²) >= 11 is 6.42. The first-order valence-electron chi connectivity index (χ1n) is 12.6. The van der Waals surface area contributed by atoms with Gasteiger partial charge in [-0.3, -0.25) is 4.79 Å². The van der Waals surface area contributed by atoms with Crippen LogP contribution in [0.1, 0.15) is 68.9 Å². The molecule has 1 aliphatic rings. The standard InChI is InChI=1S/C25H27ClN8O4/c26-17-12-16(13-28-22(17)24-32-20(38-33-24)8-2-1-3-9-21(35)36)30-25(37)31-18-14-27-19-10-11-29-34(19)23(18)15-6-4-5-7-15/h10-15H,1-9H2,(H,35,36)(H2,30,31,37). The van der Waals surface area contributed by atoms with Gasteiger partial charge in [0.1, 0.15) is 5.69 Å². The smallest absolute Gasteiger partial charge is 0.323 e. The van der Waals surface area contributed by atoms with Crippen LogP contribution in [-0.4, -0.2) is 46.8 Å². The van der Waals surface area contributed by atoms with Gasteiger partial charge in [0, 0.05) is 24.8 Å². The van der Waals surface area contributed by atoms with Crippen LogP contribution >= 0.6 is 11.6 Å². The number of rotatable bonds is 10. The molecule has 0 atom stereocenters. The zero-order valence-corrected chi connectivity index (χ0v) is 21.3. The molecule has 2 amide bonds. The van der Waals surface area contributed by atoms with Crippen molar-refractivity contribution in [3.05, 3.63) is 47.3 Å². The molecule has 4 heterocycles. The van der Waals surface area contributed by atoms with E-state index in [4.69, 9.17) is 21.2 Å². The Kier molecular flexibility index (Phi) is 7.78. The summed E-state index contributed by atoms with van der Waals surface area (Å²) in [5.41, 5.74) is 3.04. The van der Waals surface area contributed by atoms with Crippen molar-refractivity contribution in [2.75, 3.05) is 10.6 Å². The van der Waals surface area contributed by atoms with E-state index in [0.717, 1.165) is 49.9 Å². The average molecular weight is 539 g/mol. The van der Waals surface area contributed by atoms with Gasteiger partial charge in [0.25, 0.3) is 0 Å². The first-order valence-corrected chi connectivity index (χ1v) is 13.0. The van der Waals surface area contributed by atoms with E-state index in [9.17, 15) is 9.59 Å². The van der Waals surface area contributed by atoms with Crippen molar-refractivity contribution in [1.82, 2.24) is 29.7 Å². The molecule has 13 heteroatoms. The van der Waals surface area contributed by atoms with E-state index < -0.39 is 12.0 Å². The Morgan fingerprint density at radius 1 is 1.13 bits per heavy atom. The number of fused-ring (bicyclic) bond motifs is 1. The van der Waals surface area contributed by atoms with Gasteiger partial charge in [-0.05, 0) is 31.7 Å². The lowest BCUT2D eigenvalue weighted by Gasteiger charge is -2.17. The van der Waals surface area contributed by atoms with Crippen molar-refractivity contribution in [1.29, 1.82) is 0 Å². The zero-order valence-electron chi connectivity index (χ0n) is 20.6. The second kappa shape index (κ2) is 11.5. The average Bonchev–Trinajstić information content (AvgIpc) is 3.66. The normalized spacial score (nSPS) is 13.7. The number of hydrogen-bond acceptors (Lipinski definition) is 8. The number of carbonyl (C=O) groups is 2. The number of nitrogens with zero attached hydrogens (tertiary/aromatic N) is 6. The lowest BCUT2D eigenvalue weighted by molar-refractivity contribution is -0.137. The second-order valence-corrected chi connectivity index (χ2v) is 9.65. The highest BCUT2D eigenvalue weighted by atomic mass is 35.5. The first kappa shape index (κ1) is 25.6. The van der Waals surface area contributed by atoms with Gasteiger partial charge < -0.3 is 20.3 Å². The molecule has 0 unspecified atom stereocenters. The maximum atomic E-state index is 12.9. The summed E-state index contributed by atoms with van der Waals surface area (Å²) in [5.74, 6) is 0.167. The number of unbranched alkanes of at least 4 members (excludes halogenated alkanes) is 2. The number of hydrogen-bond donors (Lipinski definition) is 3. The summed E-state index contributed by atoms with van der Waals surface area (Å²) in [5, 5.41) is 23.0. The SMILES string of the molecule is O=C(O)CCCCCc1nc(-c2ncc(NC(=O)Nc3cnc4ccnn4c3C3CCCC3)cc2Cl)no1. The largest absolute Gasteiger partial charge is 0.481 e. The topological polar surface area (TPSA) is 160 Å². The number of aromatic nitrogens is 6. The minimum atomic E-state index is -0.803. The third kappa shape index (κ3) is 5.91. The fourth-order valence-corrected chi connectivity index (χ4v) is 4.97. The Bertz CT molecular complexity index is 1450. The number of pyridine rings is 1. The van der Waals surface area contributed by atoms with E-state index in [1.807, 2.05) is 6.07 Å². The summed E-state index contributed by atoms with van der Waals surface area (Å²) < 4.78 is 7.07. The van der Waals surface area contributed by atoms with Crippen molar-refractivity contribution in [2.24, 2.45) is 0 Å². The number of aliphatic carboxylic acids is 1. The van der Waals surface area contributed by atoms with E-state index in [1.165, 1.54) is 6.20 Å². The van der Waals surface area contributed by atoms with Gasteiger partial charge in [-0.15, -0.1) is 0 Å². The summed E-state index contributed by atoms with van der Waals surface area (Å²) in [4.78, 5) is 36.5. The molecule has 1 fully saturated rings. The molecular weight excluding hydrogens is 512 g/mol. The van der Waals surface area contributed by atoms with Crippen molar-refractivity contribution < 1.29 is 19.2 Å². The van der Waals surface area contributed by atoms with Gasteiger partial charge in [0.2, 0.25) is 11.7 Å². The summed E-state index contributed by atoms with van der Waals surface area (Å²) in [6, 6.07) is 2.96. The summed E-state index contributed by atoms with van der Waals surface area (Å²) in [6.45, 7) is 0. The second-order valence-electron chi connectivity index (χ2n) is 9.24. The molecule has 5 rings (SSSR count). The highest BCUT2D eigenvalue weighted by molar-refractivity contribution is 6.33. The molecule has 0 radical (unpaired) electrons. The summed E-state index contributed by atoms with van der Waals surface area (Å²) in [7, 11) is 0. The van der Waals surface area contributed by atoms with Crippen LogP contribution in [-0.2, 0) is 11.2 Å². The molecular formula is C25H27ClN8O4. The number of urea groups is 1. The van der Waals surface area contributed by atoms with Crippen LogP contribution in [0.4, 0.5) is 16.2 Å². The molecule has 0 aromatic carbocycles. The monoisotopic (exact) mass is 538 g/mol. The number of aryl methyl sites for hydroxylation is 1. The maximum absolute atomic E-state index is 12.9. The molecule has 3 N–H and O–H groups in total. The number of nitrogens with one attached hydrogen (secondary N) is 2. The van der Waals surface area contributed by atoms with Gasteiger partial charge in [-0.2, -0.15) is 10.1 Å². The van der Waals surface area contributed by atoms with Crippen molar-refractivity contribution >= 4 is 40.6 Å². The Morgan fingerprint density at radius 3 is 2.76 bits per heavy atom. The fraction of sp³-hybridized carbons (Fsp3) is 0.400. The van der Waals surface area contributed by atoms with Crippen LogP contribution in [0.25, 0.3) is 17.2 Å². The Balaban J connectivity index is 1.22. The molecule has 0 spiro atoms. The highest BCUT2D eigenvalue weighted by Gasteiger charge is 2.25. The molecule has 12 nitrogen and oxygen atoms in total. The summed E-state index contributed by atoms with van der Waals surface area (Å²) in [6.07, 6.45) is 12.0. The van der Waals surface area contributed by atoms with E-state index in [2.05, 4.69) is 35.8 Å².